The Kier molecular flexibility index (Phi) is 5.41. The summed E-state index contributed by atoms with van der Waals surface area (Å²) in [6, 6.07) is 6.68. The van der Waals surface area contributed by atoms with E-state index in [1.165, 1.54) is 11.9 Å². The Bertz CT molecular complexity index is 681. The Morgan fingerprint density at radius 2 is 1.91 bits per heavy atom. The van der Waals surface area contributed by atoms with Crippen molar-refractivity contribution in [3.8, 4) is 0 Å². The second-order valence-corrected chi connectivity index (χ2v) is 7.92. The summed E-state index contributed by atoms with van der Waals surface area (Å²) in [6.07, 6.45) is 1.31. The molecule has 0 N–H and O–H groups in total. The molecule has 0 unspecified atom stereocenters. The Balaban J connectivity index is 1.86. The van der Waals surface area contributed by atoms with Crippen molar-refractivity contribution >= 4 is 21.7 Å². The molecule has 1 heterocycles. The van der Waals surface area contributed by atoms with Crippen LogP contribution in [0.3, 0.4) is 0 Å². The van der Waals surface area contributed by atoms with E-state index < -0.39 is 21.7 Å². The van der Waals surface area contributed by atoms with Gasteiger partial charge in [0.2, 0.25) is 0 Å². The zero-order valence-corrected chi connectivity index (χ0v) is 14.1. The lowest BCUT2D eigenvalue weighted by molar-refractivity contribution is -0.134. The maximum Gasteiger partial charge on any atom is 0.338 e. The summed E-state index contributed by atoms with van der Waals surface area (Å²) < 4.78 is 27.9. The number of benzene rings is 1. The molecule has 1 fully saturated rings. The van der Waals surface area contributed by atoms with Crippen molar-refractivity contribution in [1.82, 2.24) is 4.90 Å². The van der Waals surface area contributed by atoms with E-state index in [0.717, 1.165) is 12.0 Å². The number of ether oxygens (including phenoxy) is 1. The molecule has 0 aromatic heterocycles. The number of hydrogen-bond donors (Lipinski definition) is 0. The minimum Gasteiger partial charge on any atom is -0.452 e. The molecule has 126 valence electrons. The number of likely N-dealkylation sites (N-methyl/N-ethyl adjacent to an activating group) is 1. The van der Waals surface area contributed by atoms with Crippen LogP contribution in [0.4, 0.5) is 0 Å². The molecule has 0 radical (unpaired) electrons. The number of rotatable bonds is 5. The first kappa shape index (κ1) is 17.5. The molecule has 0 aliphatic carbocycles. The van der Waals surface area contributed by atoms with E-state index in [1.807, 2.05) is 19.1 Å². The molecule has 1 aromatic carbocycles. The quantitative estimate of drug-likeness (QED) is 0.749. The molecule has 0 saturated carbocycles. The predicted molar refractivity (Wildman–Crippen MR) is 85.9 cm³/mol. The van der Waals surface area contributed by atoms with Crippen LogP contribution < -0.4 is 0 Å². The van der Waals surface area contributed by atoms with Crippen LogP contribution in [0.25, 0.3) is 0 Å². The SMILES string of the molecule is CCc1ccc(C(=O)OCC(=O)N(C)[C@H]2CCS(=O)(=O)C2)cc1. The van der Waals surface area contributed by atoms with Crippen molar-refractivity contribution in [3.63, 3.8) is 0 Å². The van der Waals surface area contributed by atoms with E-state index in [4.69, 9.17) is 4.74 Å². The third-order valence-electron chi connectivity index (χ3n) is 4.07. The average molecular weight is 339 g/mol. The van der Waals surface area contributed by atoms with Crippen LogP contribution in [-0.2, 0) is 25.8 Å². The first-order valence-electron chi connectivity index (χ1n) is 7.54. The van der Waals surface area contributed by atoms with E-state index in [9.17, 15) is 18.0 Å². The first-order valence-corrected chi connectivity index (χ1v) is 9.36. The third kappa shape index (κ3) is 4.54. The fourth-order valence-corrected chi connectivity index (χ4v) is 4.25. The van der Waals surface area contributed by atoms with Gasteiger partial charge in [0.05, 0.1) is 17.1 Å². The number of aryl methyl sites for hydroxylation is 1. The molecule has 1 aliphatic heterocycles. The number of carbonyl (C=O) groups excluding carboxylic acids is 2. The molecule has 1 aliphatic rings. The van der Waals surface area contributed by atoms with Gasteiger partial charge in [-0.1, -0.05) is 19.1 Å². The van der Waals surface area contributed by atoms with Crippen molar-refractivity contribution in [1.29, 1.82) is 0 Å². The number of esters is 1. The highest BCUT2D eigenvalue weighted by Gasteiger charge is 2.32. The smallest absolute Gasteiger partial charge is 0.338 e. The number of sulfone groups is 1. The van der Waals surface area contributed by atoms with Crippen molar-refractivity contribution in [3.05, 3.63) is 35.4 Å². The van der Waals surface area contributed by atoms with Gasteiger partial charge in [-0.2, -0.15) is 0 Å². The second-order valence-electron chi connectivity index (χ2n) is 5.69. The molecule has 2 rings (SSSR count). The van der Waals surface area contributed by atoms with Gasteiger partial charge in [-0.25, -0.2) is 13.2 Å². The molecule has 6 nitrogen and oxygen atoms in total. The number of nitrogens with zero attached hydrogens (tertiary/aromatic N) is 1. The summed E-state index contributed by atoms with van der Waals surface area (Å²) in [4.78, 5) is 25.3. The molecular formula is C16H21NO5S. The van der Waals surface area contributed by atoms with Gasteiger partial charge in [-0.15, -0.1) is 0 Å². The lowest BCUT2D eigenvalue weighted by Gasteiger charge is -2.23. The van der Waals surface area contributed by atoms with Gasteiger partial charge < -0.3 is 9.64 Å². The maximum atomic E-state index is 12.0. The van der Waals surface area contributed by atoms with Gasteiger partial charge in [-0.05, 0) is 30.5 Å². The van der Waals surface area contributed by atoms with Crippen LogP contribution in [-0.4, -0.2) is 56.4 Å². The molecule has 7 heteroatoms. The highest BCUT2D eigenvalue weighted by molar-refractivity contribution is 7.91. The van der Waals surface area contributed by atoms with Crippen LogP contribution in [0.2, 0.25) is 0 Å². The Morgan fingerprint density at radius 3 is 2.43 bits per heavy atom. The largest absolute Gasteiger partial charge is 0.452 e. The van der Waals surface area contributed by atoms with Crippen LogP contribution >= 0.6 is 0 Å². The van der Waals surface area contributed by atoms with Crippen molar-refractivity contribution in [2.24, 2.45) is 0 Å². The normalized spacial score (nSPS) is 19.3. The van der Waals surface area contributed by atoms with E-state index in [-0.39, 0.29) is 24.2 Å². The Morgan fingerprint density at radius 1 is 1.26 bits per heavy atom. The molecule has 1 atom stereocenters. The van der Waals surface area contributed by atoms with Crippen molar-refractivity contribution in [2.45, 2.75) is 25.8 Å². The Labute approximate surface area is 136 Å². The number of amides is 1. The summed E-state index contributed by atoms with van der Waals surface area (Å²) in [6.45, 7) is 1.63. The molecular weight excluding hydrogens is 318 g/mol. The van der Waals surface area contributed by atoms with E-state index in [0.29, 0.717) is 12.0 Å². The Hall–Kier alpha value is -1.89. The zero-order chi connectivity index (χ0) is 17.0. The summed E-state index contributed by atoms with van der Waals surface area (Å²) >= 11 is 0. The summed E-state index contributed by atoms with van der Waals surface area (Å²) in [5.41, 5.74) is 1.50. The van der Waals surface area contributed by atoms with Crippen LogP contribution in [0, 0.1) is 0 Å². The molecule has 23 heavy (non-hydrogen) atoms. The standard InChI is InChI=1S/C16H21NO5S/c1-3-12-4-6-13(7-5-12)16(19)22-10-15(18)17(2)14-8-9-23(20,21)11-14/h4-7,14H,3,8-11H2,1-2H3/t14-/m0/s1. The van der Waals surface area contributed by atoms with Gasteiger partial charge in [0.25, 0.3) is 5.91 Å². The average Bonchev–Trinajstić information content (AvgIpc) is 2.91. The van der Waals surface area contributed by atoms with Crippen LogP contribution in [0.5, 0.6) is 0 Å². The number of hydrogen-bond acceptors (Lipinski definition) is 5. The fourth-order valence-electron chi connectivity index (χ4n) is 2.47. The summed E-state index contributed by atoms with van der Waals surface area (Å²) in [5, 5.41) is 0. The minimum atomic E-state index is -3.06. The van der Waals surface area contributed by atoms with Gasteiger partial charge >= 0.3 is 5.97 Å². The van der Waals surface area contributed by atoms with Gasteiger partial charge in [0, 0.05) is 13.1 Å². The van der Waals surface area contributed by atoms with Crippen LogP contribution in [0.15, 0.2) is 24.3 Å². The lowest BCUT2D eigenvalue weighted by atomic mass is 10.1. The lowest BCUT2D eigenvalue weighted by Crippen LogP contribution is -2.40. The van der Waals surface area contributed by atoms with Crippen molar-refractivity contribution < 1.29 is 22.7 Å². The van der Waals surface area contributed by atoms with Gasteiger partial charge in [-0.3, -0.25) is 4.79 Å². The first-order chi connectivity index (χ1) is 10.8. The predicted octanol–water partition coefficient (Wildman–Crippen LogP) is 1.05. The highest BCUT2D eigenvalue weighted by atomic mass is 32.2. The summed E-state index contributed by atoms with van der Waals surface area (Å²) in [7, 11) is -1.52. The second kappa shape index (κ2) is 7.12. The molecule has 0 spiro atoms. The minimum absolute atomic E-state index is 0.0261. The van der Waals surface area contributed by atoms with Gasteiger partial charge in [0.15, 0.2) is 16.4 Å². The van der Waals surface area contributed by atoms with E-state index >= 15 is 0 Å². The number of carbonyl (C=O) groups is 2. The molecule has 1 saturated heterocycles. The van der Waals surface area contributed by atoms with Gasteiger partial charge in [0.1, 0.15) is 0 Å². The molecule has 0 bridgehead atoms. The molecule has 1 amide bonds. The van der Waals surface area contributed by atoms with E-state index in [2.05, 4.69) is 0 Å². The summed E-state index contributed by atoms with van der Waals surface area (Å²) in [5.74, 6) is -0.889. The third-order valence-corrected chi connectivity index (χ3v) is 5.82. The fraction of sp³-hybridized carbons (Fsp3) is 0.500. The topological polar surface area (TPSA) is 80.8 Å². The van der Waals surface area contributed by atoms with Crippen LogP contribution in [0.1, 0.15) is 29.3 Å². The maximum absolute atomic E-state index is 12.0. The highest BCUT2D eigenvalue weighted by Crippen LogP contribution is 2.16. The zero-order valence-electron chi connectivity index (χ0n) is 13.3. The van der Waals surface area contributed by atoms with Crippen molar-refractivity contribution in [2.75, 3.05) is 25.2 Å². The monoisotopic (exact) mass is 339 g/mol. The molecule has 1 aromatic rings. The van der Waals surface area contributed by atoms with E-state index in [1.54, 1.807) is 12.1 Å².